The fourth-order valence-electron chi connectivity index (χ4n) is 8.76. The summed E-state index contributed by atoms with van der Waals surface area (Å²) in [6, 6.07) is 72.8. The van der Waals surface area contributed by atoms with E-state index >= 15 is 0 Å². The molecule has 0 fully saturated rings. The van der Waals surface area contributed by atoms with Crippen LogP contribution in [0.15, 0.2) is 200 Å². The van der Waals surface area contributed by atoms with Gasteiger partial charge in [-0.2, -0.15) is 5.26 Å². The number of para-hydroxylation sites is 1. The molecule has 1 aliphatic rings. The lowest BCUT2D eigenvalue weighted by molar-refractivity contribution is 0.996. The van der Waals surface area contributed by atoms with Crippen molar-refractivity contribution in [1.29, 1.82) is 5.26 Å². The number of aromatic nitrogens is 3. The minimum atomic E-state index is 0.210. The summed E-state index contributed by atoms with van der Waals surface area (Å²) >= 11 is 0. The van der Waals surface area contributed by atoms with Crippen molar-refractivity contribution in [2.24, 2.45) is 0 Å². The van der Waals surface area contributed by atoms with Gasteiger partial charge in [0.05, 0.1) is 34.1 Å². The van der Waals surface area contributed by atoms with Gasteiger partial charge in [-0.05, 0) is 86.5 Å². The summed E-state index contributed by atoms with van der Waals surface area (Å²) in [7, 11) is 0. The summed E-state index contributed by atoms with van der Waals surface area (Å²) in [5, 5.41) is 11.6. The second-order valence-corrected chi connectivity index (χ2v) is 14.9. The van der Waals surface area contributed by atoms with Crippen LogP contribution < -0.4 is 0 Å². The molecule has 11 rings (SSSR count). The van der Waals surface area contributed by atoms with Gasteiger partial charge in [0, 0.05) is 27.8 Å². The molecule has 1 atom stereocenters. The van der Waals surface area contributed by atoms with Crippen molar-refractivity contribution in [3.63, 3.8) is 0 Å². The van der Waals surface area contributed by atoms with Crippen LogP contribution >= 0.6 is 0 Å². The van der Waals surface area contributed by atoms with Gasteiger partial charge in [0.1, 0.15) is 0 Å². The first-order valence-electron chi connectivity index (χ1n) is 19.6. The van der Waals surface area contributed by atoms with Gasteiger partial charge in [0.15, 0.2) is 0 Å². The van der Waals surface area contributed by atoms with Crippen molar-refractivity contribution >= 4 is 21.8 Å². The van der Waals surface area contributed by atoms with E-state index < -0.39 is 0 Å². The topological polar surface area (TPSA) is 54.5 Å². The zero-order chi connectivity index (χ0) is 38.6. The van der Waals surface area contributed by atoms with E-state index in [1.165, 1.54) is 33.4 Å². The van der Waals surface area contributed by atoms with E-state index in [-0.39, 0.29) is 5.92 Å². The van der Waals surface area contributed by atoms with Gasteiger partial charge >= 0.3 is 0 Å². The quantitative estimate of drug-likeness (QED) is 0.171. The van der Waals surface area contributed by atoms with Crippen molar-refractivity contribution in [3.05, 3.63) is 222 Å². The number of nitriles is 1. The van der Waals surface area contributed by atoms with Gasteiger partial charge in [-0.25, -0.2) is 9.97 Å². The molecule has 1 aliphatic carbocycles. The standard InChI is InChI=1S/C54H34N4/c55-34-35-19-21-36(22-20-35)37-23-25-39(26-24-37)50-33-49(38-11-3-1-4-12-38)56-54(57-50)58-51-18-10-9-16-44(51)45-29-27-42(32-52(45)58)41-28-30-47-48(31-41)43-15-7-8-17-46(43)53(47)40-13-5-2-6-14-40/h1-33,53H. The third-order valence-electron chi connectivity index (χ3n) is 11.6. The minimum absolute atomic E-state index is 0.210. The molecule has 8 aromatic carbocycles. The summed E-state index contributed by atoms with van der Waals surface area (Å²) in [5.41, 5.74) is 17.5. The summed E-state index contributed by atoms with van der Waals surface area (Å²) in [4.78, 5) is 10.6. The van der Waals surface area contributed by atoms with Crippen LogP contribution in [0.25, 0.3) is 83.6 Å². The smallest absolute Gasteiger partial charge is 0.235 e. The average Bonchev–Trinajstić information content (AvgIpc) is 3.82. The monoisotopic (exact) mass is 738 g/mol. The predicted molar refractivity (Wildman–Crippen MR) is 236 cm³/mol. The first-order chi connectivity index (χ1) is 28.7. The lowest BCUT2D eigenvalue weighted by atomic mass is 9.89. The van der Waals surface area contributed by atoms with E-state index in [4.69, 9.17) is 9.97 Å². The minimum Gasteiger partial charge on any atom is -0.278 e. The second-order valence-electron chi connectivity index (χ2n) is 14.9. The van der Waals surface area contributed by atoms with Crippen LogP contribution in [0.1, 0.15) is 28.2 Å². The number of hydrogen-bond donors (Lipinski definition) is 0. The Bertz CT molecular complexity index is 3210. The van der Waals surface area contributed by atoms with E-state index in [0.717, 1.165) is 61.0 Å². The van der Waals surface area contributed by atoms with Crippen LogP contribution in [-0.4, -0.2) is 14.5 Å². The SMILES string of the molecule is N#Cc1ccc(-c2ccc(-c3cc(-c4ccccc4)nc(-n4c5ccccc5c5ccc(-c6ccc7c(c6)-c6ccccc6C7c6ccccc6)cc54)n3)cc2)cc1. The zero-order valence-electron chi connectivity index (χ0n) is 31.4. The molecule has 0 N–H and O–H groups in total. The third kappa shape index (κ3) is 5.60. The molecule has 10 aromatic rings. The van der Waals surface area contributed by atoms with Crippen LogP contribution in [0.4, 0.5) is 0 Å². The summed E-state index contributed by atoms with van der Waals surface area (Å²) in [6.45, 7) is 0. The van der Waals surface area contributed by atoms with Gasteiger partial charge in [-0.3, -0.25) is 4.57 Å². The number of rotatable bonds is 6. The van der Waals surface area contributed by atoms with Crippen LogP contribution in [0.5, 0.6) is 0 Å². The highest BCUT2D eigenvalue weighted by Crippen LogP contribution is 2.49. The van der Waals surface area contributed by atoms with Crippen molar-refractivity contribution in [2.75, 3.05) is 0 Å². The molecule has 4 nitrogen and oxygen atoms in total. The third-order valence-corrected chi connectivity index (χ3v) is 11.6. The molecule has 2 aromatic heterocycles. The molecule has 0 amide bonds. The lowest BCUT2D eigenvalue weighted by Gasteiger charge is -2.15. The molecule has 0 aliphatic heterocycles. The molecule has 0 spiro atoms. The normalized spacial score (nSPS) is 13.0. The molecule has 1 unspecified atom stereocenters. The first-order valence-corrected chi connectivity index (χ1v) is 19.6. The van der Waals surface area contributed by atoms with Crippen LogP contribution in [0, 0.1) is 11.3 Å². The molecular weight excluding hydrogens is 705 g/mol. The maximum atomic E-state index is 9.28. The Morgan fingerprint density at radius 3 is 1.72 bits per heavy atom. The summed E-state index contributed by atoms with van der Waals surface area (Å²) in [5.74, 6) is 0.825. The van der Waals surface area contributed by atoms with Gasteiger partial charge < -0.3 is 0 Å². The van der Waals surface area contributed by atoms with E-state index in [1.54, 1.807) is 0 Å². The van der Waals surface area contributed by atoms with Gasteiger partial charge in [0.2, 0.25) is 5.95 Å². The van der Waals surface area contributed by atoms with E-state index in [0.29, 0.717) is 11.5 Å². The zero-order valence-corrected chi connectivity index (χ0v) is 31.4. The Kier molecular flexibility index (Phi) is 7.91. The lowest BCUT2D eigenvalue weighted by Crippen LogP contribution is -2.04. The van der Waals surface area contributed by atoms with Crippen molar-refractivity contribution in [1.82, 2.24) is 14.5 Å². The van der Waals surface area contributed by atoms with Gasteiger partial charge in [-0.1, -0.05) is 164 Å². The Labute approximate surface area is 336 Å². The fourth-order valence-corrected chi connectivity index (χ4v) is 8.76. The summed E-state index contributed by atoms with van der Waals surface area (Å²) in [6.07, 6.45) is 0. The van der Waals surface area contributed by atoms with Crippen molar-refractivity contribution in [2.45, 2.75) is 5.92 Å². The molecular formula is C54H34N4. The van der Waals surface area contributed by atoms with Gasteiger partial charge in [-0.15, -0.1) is 0 Å². The molecule has 0 saturated heterocycles. The number of fused-ring (bicyclic) bond motifs is 6. The fraction of sp³-hybridized carbons (Fsp3) is 0.0185. The molecule has 4 heteroatoms. The Hall–Kier alpha value is -7.87. The predicted octanol–water partition coefficient (Wildman–Crippen LogP) is 13.3. The van der Waals surface area contributed by atoms with Crippen molar-refractivity contribution < 1.29 is 0 Å². The Morgan fingerprint density at radius 2 is 0.966 bits per heavy atom. The number of hydrogen-bond acceptors (Lipinski definition) is 3. The molecule has 0 bridgehead atoms. The van der Waals surface area contributed by atoms with Gasteiger partial charge in [0.25, 0.3) is 0 Å². The maximum absolute atomic E-state index is 9.28. The second kappa shape index (κ2) is 13.7. The van der Waals surface area contributed by atoms with Crippen LogP contribution in [0.3, 0.4) is 0 Å². The summed E-state index contributed by atoms with van der Waals surface area (Å²) < 4.78 is 2.23. The highest BCUT2D eigenvalue weighted by Gasteiger charge is 2.30. The Balaban J connectivity index is 1.07. The average molecular weight is 739 g/mol. The number of benzene rings is 8. The highest BCUT2D eigenvalue weighted by atomic mass is 15.2. The maximum Gasteiger partial charge on any atom is 0.235 e. The van der Waals surface area contributed by atoms with E-state index in [9.17, 15) is 5.26 Å². The number of nitrogens with zero attached hydrogens (tertiary/aromatic N) is 4. The largest absolute Gasteiger partial charge is 0.278 e. The molecule has 2 heterocycles. The first kappa shape index (κ1) is 33.5. The Morgan fingerprint density at radius 1 is 0.414 bits per heavy atom. The van der Waals surface area contributed by atoms with Crippen LogP contribution in [0.2, 0.25) is 0 Å². The van der Waals surface area contributed by atoms with Crippen molar-refractivity contribution in [3.8, 4) is 67.9 Å². The molecule has 58 heavy (non-hydrogen) atoms. The molecule has 0 radical (unpaired) electrons. The highest BCUT2D eigenvalue weighted by molar-refractivity contribution is 6.10. The van der Waals surface area contributed by atoms with E-state index in [2.05, 4.69) is 168 Å². The van der Waals surface area contributed by atoms with Crippen LogP contribution in [-0.2, 0) is 0 Å². The molecule has 270 valence electrons. The molecule has 0 saturated carbocycles. The van der Waals surface area contributed by atoms with E-state index in [1.807, 2.05) is 42.5 Å².